The van der Waals surface area contributed by atoms with Crippen molar-refractivity contribution in [3.05, 3.63) is 42.6 Å². The number of hydrogen-bond acceptors (Lipinski definition) is 5. The molecule has 2 atom stereocenters. The third-order valence-corrected chi connectivity index (χ3v) is 4.26. The Morgan fingerprint density at radius 2 is 2.26 bits per heavy atom. The number of aromatic nitrogens is 1. The van der Waals surface area contributed by atoms with Gasteiger partial charge in [0.25, 0.3) is 0 Å². The van der Waals surface area contributed by atoms with Crippen LogP contribution in [0.4, 0.5) is 5.69 Å². The van der Waals surface area contributed by atoms with Crippen LogP contribution in [0, 0.1) is 5.92 Å². The first-order valence-electron chi connectivity index (χ1n) is 8.45. The molecule has 4 rings (SSSR count). The van der Waals surface area contributed by atoms with Gasteiger partial charge in [-0.05, 0) is 24.5 Å². The molecule has 0 radical (unpaired) electrons. The highest BCUT2D eigenvalue weighted by molar-refractivity contribution is 5.49. The van der Waals surface area contributed by atoms with Gasteiger partial charge in [0.05, 0.1) is 24.3 Å². The molecule has 0 aliphatic carbocycles. The van der Waals surface area contributed by atoms with E-state index in [1.165, 1.54) is 6.42 Å². The van der Waals surface area contributed by atoms with Crippen LogP contribution in [-0.2, 0) is 6.61 Å². The van der Waals surface area contributed by atoms with E-state index < -0.39 is 0 Å². The monoisotopic (exact) mass is 315 g/mol. The van der Waals surface area contributed by atoms with Gasteiger partial charge in [-0.3, -0.25) is 4.98 Å². The SMILES string of the molecule is CC.c1coc(COc2cncc(N3CC4CNC(C4)C3)c2)c1. The molecule has 124 valence electrons. The molecule has 0 spiro atoms. The second-order valence-corrected chi connectivity index (χ2v) is 5.86. The van der Waals surface area contributed by atoms with Crippen LogP contribution in [0.1, 0.15) is 26.0 Å². The molecule has 23 heavy (non-hydrogen) atoms. The lowest BCUT2D eigenvalue weighted by Crippen LogP contribution is -2.41. The molecule has 0 saturated carbocycles. The van der Waals surface area contributed by atoms with Crippen molar-refractivity contribution in [2.75, 3.05) is 24.5 Å². The maximum absolute atomic E-state index is 5.75. The van der Waals surface area contributed by atoms with Crippen LogP contribution < -0.4 is 15.0 Å². The van der Waals surface area contributed by atoms with Gasteiger partial charge in [0.2, 0.25) is 0 Å². The van der Waals surface area contributed by atoms with Crippen molar-refractivity contribution in [2.45, 2.75) is 32.9 Å². The Hall–Kier alpha value is -2.01. The fraction of sp³-hybridized carbons (Fsp3) is 0.500. The Morgan fingerprint density at radius 1 is 1.35 bits per heavy atom. The Kier molecular flexibility index (Phi) is 5.18. The molecule has 1 N–H and O–H groups in total. The molecule has 2 aliphatic heterocycles. The lowest BCUT2D eigenvalue weighted by Gasteiger charge is -2.32. The summed E-state index contributed by atoms with van der Waals surface area (Å²) in [5, 5.41) is 3.57. The van der Waals surface area contributed by atoms with Crippen LogP contribution in [0.3, 0.4) is 0 Å². The van der Waals surface area contributed by atoms with E-state index in [2.05, 4.69) is 21.3 Å². The fourth-order valence-electron chi connectivity index (χ4n) is 3.25. The third kappa shape index (κ3) is 3.85. The number of rotatable bonds is 4. The molecule has 5 heteroatoms. The molecular weight excluding hydrogens is 290 g/mol. The zero-order chi connectivity index (χ0) is 16.1. The number of fused-ring (bicyclic) bond motifs is 2. The lowest BCUT2D eigenvalue weighted by molar-refractivity contribution is 0.269. The molecule has 2 aromatic rings. The van der Waals surface area contributed by atoms with Crippen molar-refractivity contribution in [1.82, 2.24) is 10.3 Å². The van der Waals surface area contributed by atoms with Crippen LogP contribution in [0.2, 0.25) is 0 Å². The summed E-state index contributed by atoms with van der Waals surface area (Å²) >= 11 is 0. The Balaban J connectivity index is 0.000000753. The first-order chi connectivity index (χ1) is 11.4. The van der Waals surface area contributed by atoms with Crippen LogP contribution in [0.25, 0.3) is 0 Å². The molecule has 0 aromatic carbocycles. The smallest absolute Gasteiger partial charge is 0.146 e. The van der Waals surface area contributed by atoms with Crippen molar-refractivity contribution in [1.29, 1.82) is 0 Å². The summed E-state index contributed by atoms with van der Waals surface area (Å²) in [6.07, 6.45) is 6.64. The van der Waals surface area contributed by atoms with E-state index in [1.54, 1.807) is 12.5 Å². The minimum absolute atomic E-state index is 0.435. The zero-order valence-electron chi connectivity index (χ0n) is 13.9. The standard InChI is InChI=1S/C16H19N3O2.C2H6/c1-2-15(20-3-1)11-21-16-5-14(7-17-8-16)19-9-12-4-13(10-19)18-6-12;1-2/h1-3,5,7-8,12-13,18H,4,6,9-11H2;1-2H3. The summed E-state index contributed by atoms with van der Waals surface area (Å²) in [6.45, 7) is 7.74. The first-order valence-corrected chi connectivity index (χ1v) is 8.45. The van der Waals surface area contributed by atoms with Crippen LogP contribution in [0.5, 0.6) is 5.75 Å². The number of ether oxygens (including phenoxy) is 1. The third-order valence-electron chi connectivity index (χ3n) is 4.26. The minimum atomic E-state index is 0.435. The van der Waals surface area contributed by atoms with Crippen molar-refractivity contribution in [3.8, 4) is 5.75 Å². The summed E-state index contributed by atoms with van der Waals surface area (Å²) in [7, 11) is 0. The van der Waals surface area contributed by atoms with Gasteiger partial charge in [-0.1, -0.05) is 13.8 Å². The fourth-order valence-corrected chi connectivity index (χ4v) is 3.25. The number of piperidine rings is 1. The first kappa shape index (κ1) is 15.9. The highest BCUT2D eigenvalue weighted by Crippen LogP contribution is 2.28. The summed E-state index contributed by atoms with van der Waals surface area (Å²) in [4.78, 5) is 6.72. The van der Waals surface area contributed by atoms with Crippen molar-refractivity contribution >= 4 is 5.69 Å². The highest BCUT2D eigenvalue weighted by Gasteiger charge is 2.32. The Labute approximate surface area is 137 Å². The second kappa shape index (κ2) is 7.51. The maximum atomic E-state index is 5.75. The zero-order valence-corrected chi connectivity index (χ0v) is 13.9. The summed E-state index contributed by atoms with van der Waals surface area (Å²) in [5.74, 6) is 2.37. The predicted molar refractivity (Wildman–Crippen MR) is 90.7 cm³/mol. The number of furan rings is 1. The van der Waals surface area contributed by atoms with Gasteiger partial charge in [0, 0.05) is 31.7 Å². The van der Waals surface area contributed by atoms with Crippen molar-refractivity contribution in [2.24, 2.45) is 5.92 Å². The second-order valence-electron chi connectivity index (χ2n) is 5.86. The highest BCUT2D eigenvalue weighted by atomic mass is 16.5. The molecular formula is C18H25N3O2. The quantitative estimate of drug-likeness (QED) is 0.939. The average Bonchev–Trinajstić information content (AvgIpc) is 3.24. The van der Waals surface area contributed by atoms with E-state index >= 15 is 0 Å². The molecule has 5 nitrogen and oxygen atoms in total. The van der Waals surface area contributed by atoms with Crippen molar-refractivity contribution in [3.63, 3.8) is 0 Å². The van der Waals surface area contributed by atoms with E-state index in [4.69, 9.17) is 9.15 Å². The van der Waals surface area contributed by atoms with E-state index in [0.717, 1.165) is 42.7 Å². The molecule has 0 amide bonds. The van der Waals surface area contributed by atoms with Gasteiger partial charge >= 0.3 is 0 Å². The van der Waals surface area contributed by atoms with Crippen molar-refractivity contribution < 1.29 is 9.15 Å². The Bertz CT molecular complexity index is 588. The number of nitrogens with zero attached hydrogens (tertiary/aromatic N) is 2. The molecule has 2 bridgehead atoms. The largest absolute Gasteiger partial charge is 0.484 e. The molecule has 2 fully saturated rings. The van der Waals surface area contributed by atoms with Gasteiger partial charge in [-0.2, -0.15) is 0 Å². The number of pyridine rings is 1. The molecule has 2 saturated heterocycles. The molecule has 2 aliphatic rings. The summed E-state index contributed by atoms with van der Waals surface area (Å²) in [5.41, 5.74) is 1.14. The molecule has 2 unspecified atom stereocenters. The van der Waals surface area contributed by atoms with Crippen LogP contribution in [0.15, 0.2) is 41.3 Å². The van der Waals surface area contributed by atoms with E-state index in [0.29, 0.717) is 12.6 Å². The molecule has 4 heterocycles. The van der Waals surface area contributed by atoms with Gasteiger partial charge in [-0.25, -0.2) is 0 Å². The lowest BCUT2D eigenvalue weighted by atomic mass is 10.00. The Morgan fingerprint density at radius 3 is 3.04 bits per heavy atom. The minimum Gasteiger partial charge on any atom is -0.484 e. The topological polar surface area (TPSA) is 50.5 Å². The number of hydrogen-bond donors (Lipinski definition) is 1. The van der Waals surface area contributed by atoms with Gasteiger partial charge in [0.1, 0.15) is 18.1 Å². The normalized spacial score (nSPS) is 22.4. The number of nitrogens with one attached hydrogen (secondary N) is 1. The van der Waals surface area contributed by atoms with Gasteiger partial charge < -0.3 is 19.4 Å². The van der Waals surface area contributed by atoms with E-state index in [9.17, 15) is 0 Å². The average molecular weight is 315 g/mol. The van der Waals surface area contributed by atoms with Gasteiger partial charge in [-0.15, -0.1) is 0 Å². The van der Waals surface area contributed by atoms with Crippen LogP contribution in [-0.4, -0.2) is 30.7 Å². The van der Waals surface area contributed by atoms with E-state index in [1.807, 2.05) is 32.2 Å². The van der Waals surface area contributed by atoms with E-state index in [-0.39, 0.29) is 0 Å². The molecule has 2 aromatic heterocycles. The summed E-state index contributed by atoms with van der Waals surface area (Å²) in [6, 6.07) is 6.46. The summed E-state index contributed by atoms with van der Waals surface area (Å²) < 4.78 is 11.0. The maximum Gasteiger partial charge on any atom is 0.146 e. The van der Waals surface area contributed by atoms with Gasteiger partial charge in [0.15, 0.2) is 0 Å². The predicted octanol–water partition coefficient (Wildman–Crippen LogP) is 3.08. The number of anilines is 1. The van der Waals surface area contributed by atoms with Crippen LogP contribution >= 0.6 is 0 Å².